The summed E-state index contributed by atoms with van der Waals surface area (Å²) in [5, 5.41) is 0. The van der Waals surface area contributed by atoms with E-state index in [1.54, 1.807) is 0 Å². The first kappa shape index (κ1) is 15.8. The van der Waals surface area contributed by atoms with Gasteiger partial charge < -0.3 is 0 Å². The molecule has 1 aliphatic carbocycles. The highest BCUT2D eigenvalue weighted by atomic mass is 16.1. The molecule has 112 valence electrons. The molecule has 2 rings (SSSR count). The molecule has 0 bridgehead atoms. The number of allylic oxidation sites excluding steroid dienone is 4. The Balaban J connectivity index is 2.57. The number of carbonyl (C=O) groups is 1. The van der Waals surface area contributed by atoms with Gasteiger partial charge in [-0.2, -0.15) is 0 Å². The quantitative estimate of drug-likeness (QED) is 0.663. The van der Waals surface area contributed by atoms with E-state index in [0.717, 1.165) is 11.1 Å². The molecule has 0 fully saturated rings. The van der Waals surface area contributed by atoms with Gasteiger partial charge in [-0.1, -0.05) is 63.1 Å². The number of hydrogen-bond donors (Lipinski definition) is 0. The van der Waals surface area contributed by atoms with Crippen molar-refractivity contribution in [3.05, 3.63) is 58.2 Å². The molecule has 0 saturated carbocycles. The van der Waals surface area contributed by atoms with Crippen molar-refractivity contribution >= 4 is 5.78 Å². The van der Waals surface area contributed by atoms with Crippen molar-refractivity contribution in [2.45, 2.75) is 59.3 Å². The lowest BCUT2D eigenvalue weighted by molar-refractivity contribution is 0.0987. The summed E-state index contributed by atoms with van der Waals surface area (Å²) in [5.41, 5.74) is 6.00. The van der Waals surface area contributed by atoms with Gasteiger partial charge in [0, 0.05) is 17.9 Å². The summed E-state index contributed by atoms with van der Waals surface area (Å²) in [6.07, 6.45) is 4.93. The number of benzene rings is 1. The minimum absolute atomic E-state index is 0.0631. The van der Waals surface area contributed by atoms with Gasteiger partial charge in [0.05, 0.1) is 0 Å². The van der Waals surface area contributed by atoms with Gasteiger partial charge in [0.15, 0.2) is 5.78 Å². The third-order valence-electron chi connectivity index (χ3n) is 4.50. The lowest BCUT2D eigenvalue weighted by Gasteiger charge is -2.23. The molecular weight excluding hydrogens is 256 g/mol. The Morgan fingerprint density at radius 2 is 1.86 bits per heavy atom. The third kappa shape index (κ3) is 3.02. The summed E-state index contributed by atoms with van der Waals surface area (Å²) >= 11 is 0. The first-order chi connectivity index (χ1) is 9.75. The molecule has 1 unspecified atom stereocenters. The minimum atomic E-state index is 0.0631. The lowest BCUT2D eigenvalue weighted by atomic mass is 9.81. The van der Waals surface area contributed by atoms with E-state index < -0.39 is 0 Å². The van der Waals surface area contributed by atoms with Crippen LogP contribution in [0.1, 0.15) is 75.4 Å². The fourth-order valence-corrected chi connectivity index (χ4v) is 2.82. The molecule has 21 heavy (non-hydrogen) atoms. The Morgan fingerprint density at radius 3 is 2.33 bits per heavy atom. The molecule has 0 saturated heterocycles. The van der Waals surface area contributed by atoms with E-state index in [1.807, 2.05) is 6.92 Å². The monoisotopic (exact) mass is 282 g/mol. The van der Waals surface area contributed by atoms with Gasteiger partial charge in [-0.15, -0.1) is 0 Å². The standard InChI is InChI=1S/C20H26O/c1-7-19(21)18-12-15(20(4,5)6)9-11-17(18)16-10-8-13(2)14(16)3/h8-12,16H,7H2,1-6H3. The number of hydrogen-bond acceptors (Lipinski definition) is 1. The second-order valence-corrected chi connectivity index (χ2v) is 7.03. The Hall–Kier alpha value is -1.63. The molecule has 0 heterocycles. The Morgan fingerprint density at radius 1 is 1.19 bits per heavy atom. The number of rotatable bonds is 3. The summed E-state index contributed by atoms with van der Waals surface area (Å²) in [4.78, 5) is 12.4. The largest absolute Gasteiger partial charge is 0.294 e. The van der Waals surface area contributed by atoms with Crippen LogP contribution >= 0.6 is 0 Å². The van der Waals surface area contributed by atoms with Crippen molar-refractivity contribution in [1.82, 2.24) is 0 Å². The predicted molar refractivity (Wildman–Crippen MR) is 90.0 cm³/mol. The molecular formula is C20H26O. The molecule has 0 N–H and O–H groups in total. The van der Waals surface area contributed by atoms with Crippen molar-refractivity contribution in [2.24, 2.45) is 0 Å². The predicted octanol–water partition coefficient (Wildman–Crippen LogP) is 5.57. The van der Waals surface area contributed by atoms with Crippen molar-refractivity contribution < 1.29 is 4.79 Å². The first-order valence-electron chi connectivity index (χ1n) is 7.79. The molecule has 0 radical (unpaired) electrons. The fraction of sp³-hybridized carbons (Fsp3) is 0.450. The number of carbonyl (C=O) groups excluding carboxylic acids is 1. The molecule has 0 amide bonds. The average molecular weight is 282 g/mol. The van der Waals surface area contributed by atoms with Gasteiger partial charge >= 0.3 is 0 Å². The normalized spacial score (nSPS) is 18.5. The van der Waals surface area contributed by atoms with Crippen LogP contribution < -0.4 is 0 Å². The summed E-state index contributed by atoms with van der Waals surface area (Å²) in [5.74, 6) is 0.492. The molecule has 1 aromatic carbocycles. The first-order valence-corrected chi connectivity index (χ1v) is 7.79. The number of Topliss-reactive ketones (excluding diaryl/α,β-unsaturated/α-hetero) is 1. The van der Waals surface area contributed by atoms with Crippen molar-refractivity contribution in [3.8, 4) is 0 Å². The maximum Gasteiger partial charge on any atom is 0.162 e. The summed E-state index contributed by atoms with van der Waals surface area (Å²) in [6, 6.07) is 6.44. The Kier molecular flexibility index (Phi) is 4.22. The van der Waals surface area contributed by atoms with E-state index in [4.69, 9.17) is 0 Å². The van der Waals surface area contributed by atoms with Crippen LogP contribution in [-0.4, -0.2) is 5.78 Å². The molecule has 0 aromatic heterocycles. The lowest BCUT2D eigenvalue weighted by Crippen LogP contribution is -2.14. The Bertz CT molecular complexity index is 624. The maximum absolute atomic E-state index is 12.4. The highest BCUT2D eigenvalue weighted by molar-refractivity contribution is 5.98. The van der Waals surface area contributed by atoms with E-state index in [-0.39, 0.29) is 17.1 Å². The average Bonchev–Trinajstić information content (AvgIpc) is 2.76. The van der Waals surface area contributed by atoms with E-state index in [0.29, 0.717) is 6.42 Å². The molecule has 1 nitrogen and oxygen atoms in total. The summed E-state index contributed by atoms with van der Waals surface area (Å²) in [6.45, 7) is 12.8. The van der Waals surface area contributed by atoms with Crippen molar-refractivity contribution in [1.29, 1.82) is 0 Å². The maximum atomic E-state index is 12.4. The van der Waals surface area contributed by atoms with Crippen molar-refractivity contribution in [2.75, 3.05) is 0 Å². The van der Waals surface area contributed by atoms with Gasteiger partial charge in [0.25, 0.3) is 0 Å². The van der Waals surface area contributed by atoms with Gasteiger partial charge in [0.2, 0.25) is 0 Å². The second-order valence-electron chi connectivity index (χ2n) is 7.03. The van der Waals surface area contributed by atoms with Crippen LogP contribution in [0.4, 0.5) is 0 Å². The van der Waals surface area contributed by atoms with Gasteiger partial charge in [-0.3, -0.25) is 4.79 Å². The third-order valence-corrected chi connectivity index (χ3v) is 4.50. The van der Waals surface area contributed by atoms with Crippen LogP contribution in [0.25, 0.3) is 0 Å². The molecule has 0 spiro atoms. The van der Waals surface area contributed by atoms with Gasteiger partial charge in [-0.05, 0) is 36.5 Å². The van der Waals surface area contributed by atoms with Crippen LogP contribution in [0.15, 0.2) is 41.5 Å². The van der Waals surface area contributed by atoms with E-state index in [2.05, 4.69) is 65.0 Å². The van der Waals surface area contributed by atoms with Crippen LogP contribution in [0.2, 0.25) is 0 Å². The zero-order valence-electron chi connectivity index (χ0n) is 14.1. The molecule has 1 heteroatoms. The SMILES string of the molecule is CCC(=O)c1cc(C(C)(C)C)ccc1C1C=CC(C)=C1C. The van der Waals surface area contributed by atoms with Crippen LogP contribution in [-0.2, 0) is 5.41 Å². The summed E-state index contributed by atoms with van der Waals surface area (Å²) in [7, 11) is 0. The topological polar surface area (TPSA) is 17.1 Å². The van der Waals surface area contributed by atoms with Crippen molar-refractivity contribution in [3.63, 3.8) is 0 Å². The smallest absolute Gasteiger partial charge is 0.162 e. The molecule has 1 aromatic rings. The zero-order chi connectivity index (χ0) is 15.8. The summed E-state index contributed by atoms with van der Waals surface area (Å²) < 4.78 is 0. The zero-order valence-corrected chi connectivity index (χ0v) is 14.1. The highest BCUT2D eigenvalue weighted by Gasteiger charge is 2.24. The fourth-order valence-electron chi connectivity index (χ4n) is 2.82. The van der Waals surface area contributed by atoms with Gasteiger partial charge in [-0.25, -0.2) is 0 Å². The van der Waals surface area contributed by atoms with Crippen LogP contribution in [0.3, 0.4) is 0 Å². The molecule has 1 aliphatic rings. The minimum Gasteiger partial charge on any atom is -0.294 e. The number of ketones is 1. The Labute approximate surface area is 128 Å². The highest BCUT2D eigenvalue weighted by Crippen LogP contribution is 2.37. The van der Waals surface area contributed by atoms with E-state index >= 15 is 0 Å². The van der Waals surface area contributed by atoms with E-state index in [9.17, 15) is 4.79 Å². The van der Waals surface area contributed by atoms with E-state index in [1.165, 1.54) is 16.7 Å². The molecule has 1 atom stereocenters. The van der Waals surface area contributed by atoms with Gasteiger partial charge in [0.1, 0.15) is 0 Å². The van der Waals surface area contributed by atoms with Crippen LogP contribution in [0.5, 0.6) is 0 Å². The second kappa shape index (κ2) is 5.63. The molecule has 0 aliphatic heterocycles. The van der Waals surface area contributed by atoms with Crippen LogP contribution in [0, 0.1) is 0 Å².